The molecule has 2 saturated carbocycles. The van der Waals surface area contributed by atoms with Crippen molar-refractivity contribution < 1.29 is 0 Å². The maximum atomic E-state index is 8.82. The van der Waals surface area contributed by atoms with Crippen molar-refractivity contribution in [1.82, 2.24) is 0 Å². The monoisotopic (exact) mass is 305 g/mol. The second-order valence-corrected chi connectivity index (χ2v) is 7.59. The Morgan fingerprint density at radius 3 is 1.87 bits per heavy atom. The molecule has 0 aliphatic heterocycles. The third kappa shape index (κ3) is 4.39. The van der Waals surface area contributed by atoms with Crippen molar-refractivity contribution in [3.63, 3.8) is 0 Å². The summed E-state index contributed by atoms with van der Waals surface area (Å²) in [5.74, 6) is 10.3. The van der Waals surface area contributed by atoms with Gasteiger partial charge in [-0.05, 0) is 80.5 Å². The summed E-state index contributed by atoms with van der Waals surface area (Å²) in [6.45, 7) is 2.41. The van der Waals surface area contributed by atoms with Gasteiger partial charge < -0.3 is 0 Å². The summed E-state index contributed by atoms with van der Waals surface area (Å²) >= 11 is 0. The van der Waals surface area contributed by atoms with Crippen LogP contribution in [-0.2, 0) is 0 Å². The van der Waals surface area contributed by atoms with E-state index in [0.717, 1.165) is 23.3 Å². The van der Waals surface area contributed by atoms with Crippen LogP contribution < -0.4 is 0 Å². The van der Waals surface area contributed by atoms with Gasteiger partial charge in [0, 0.05) is 11.5 Å². The summed E-state index contributed by atoms with van der Waals surface area (Å²) in [4.78, 5) is 0. The fraction of sp³-hybridized carbons (Fsp3) is 0.591. The number of hydrogen-bond acceptors (Lipinski definition) is 1. The van der Waals surface area contributed by atoms with Crippen molar-refractivity contribution >= 4 is 0 Å². The number of benzene rings is 1. The smallest absolute Gasteiger partial charge is 0.0991 e. The lowest BCUT2D eigenvalue weighted by atomic mass is 9.69. The maximum Gasteiger partial charge on any atom is 0.0991 e. The Balaban J connectivity index is 1.49. The minimum absolute atomic E-state index is 0.574. The normalized spacial score (nSPS) is 30.8. The molecule has 0 atom stereocenters. The van der Waals surface area contributed by atoms with Crippen molar-refractivity contribution in [1.29, 1.82) is 5.26 Å². The first-order valence-electron chi connectivity index (χ1n) is 9.26. The van der Waals surface area contributed by atoms with Crippen LogP contribution in [0.3, 0.4) is 0 Å². The molecule has 0 spiro atoms. The Morgan fingerprint density at radius 1 is 0.783 bits per heavy atom. The van der Waals surface area contributed by atoms with Gasteiger partial charge in [0.1, 0.15) is 0 Å². The van der Waals surface area contributed by atoms with E-state index in [0.29, 0.717) is 11.5 Å². The van der Waals surface area contributed by atoms with E-state index in [1.807, 2.05) is 24.3 Å². The van der Waals surface area contributed by atoms with Crippen LogP contribution in [0.15, 0.2) is 24.3 Å². The molecule has 3 rings (SSSR count). The van der Waals surface area contributed by atoms with E-state index >= 15 is 0 Å². The van der Waals surface area contributed by atoms with Crippen LogP contribution >= 0.6 is 0 Å². The average molecular weight is 305 g/mol. The number of rotatable bonds is 1. The van der Waals surface area contributed by atoms with Gasteiger partial charge in [-0.15, -0.1) is 0 Å². The van der Waals surface area contributed by atoms with Gasteiger partial charge in [-0.25, -0.2) is 0 Å². The Hall–Kier alpha value is -1.73. The zero-order valence-corrected chi connectivity index (χ0v) is 14.2. The number of nitrogens with zero attached hydrogens (tertiary/aromatic N) is 1. The van der Waals surface area contributed by atoms with Crippen LogP contribution in [0.2, 0.25) is 0 Å². The molecule has 0 aromatic heterocycles. The first kappa shape index (κ1) is 16.1. The van der Waals surface area contributed by atoms with Gasteiger partial charge in [-0.3, -0.25) is 0 Å². The molecular formula is C22H27N. The molecule has 2 fully saturated rings. The minimum atomic E-state index is 0.574. The van der Waals surface area contributed by atoms with Gasteiger partial charge in [0.15, 0.2) is 0 Å². The molecule has 1 heteroatoms. The van der Waals surface area contributed by atoms with E-state index in [1.54, 1.807) is 0 Å². The average Bonchev–Trinajstić information content (AvgIpc) is 2.61. The molecule has 1 aromatic rings. The van der Waals surface area contributed by atoms with Gasteiger partial charge in [0.05, 0.1) is 11.6 Å². The van der Waals surface area contributed by atoms with Crippen molar-refractivity contribution in [2.75, 3.05) is 0 Å². The lowest BCUT2D eigenvalue weighted by molar-refractivity contribution is 0.162. The predicted molar refractivity (Wildman–Crippen MR) is 94.6 cm³/mol. The second kappa shape index (κ2) is 7.70. The Kier molecular flexibility index (Phi) is 5.40. The molecule has 1 nitrogen and oxygen atoms in total. The van der Waals surface area contributed by atoms with Gasteiger partial charge in [0.2, 0.25) is 0 Å². The van der Waals surface area contributed by atoms with Crippen molar-refractivity contribution in [3.8, 4) is 17.9 Å². The molecule has 2 aliphatic rings. The number of hydrogen-bond donors (Lipinski definition) is 0. The van der Waals surface area contributed by atoms with Crippen LogP contribution in [0.25, 0.3) is 0 Å². The zero-order valence-electron chi connectivity index (χ0n) is 14.2. The van der Waals surface area contributed by atoms with E-state index in [9.17, 15) is 0 Å². The summed E-state index contributed by atoms with van der Waals surface area (Å²) in [7, 11) is 0. The Labute approximate surface area is 141 Å². The van der Waals surface area contributed by atoms with Gasteiger partial charge >= 0.3 is 0 Å². The number of nitriles is 1. The molecule has 0 amide bonds. The summed E-state index contributed by atoms with van der Waals surface area (Å²) in [6.07, 6.45) is 11.1. The molecule has 0 unspecified atom stereocenters. The van der Waals surface area contributed by atoms with Crippen LogP contribution in [0, 0.1) is 46.8 Å². The quantitative estimate of drug-likeness (QED) is 0.625. The largest absolute Gasteiger partial charge is 0.192 e. The summed E-state index contributed by atoms with van der Waals surface area (Å²) in [5, 5.41) is 8.82. The van der Waals surface area contributed by atoms with Gasteiger partial charge in [0.25, 0.3) is 0 Å². The van der Waals surface area contributed by atoms with Gasteiger partial charge in [-0.2, -0.15) is 5.26 Å². The molecule has 0 saturated heterocycles. The van der Waals surface area contributed by atoms with E-state index in [-0.39, 0.29) is 0 Å². The van der Waals surface area contributed by atoms with E-state index in [4.69, 9.17) is 5.26 Å². The predicted octanol–water partition coefficient (Wildman–Crippen LogP) is 5.54. The third-order valence-electron chi connectivity index (χ3n) is 5.93. The van der Waals surface area contributed by atoms with E-state index in [1.165, 1.54) is 51.4 Å². The van der Waals surface area contributed by atoms with Gasteiger partial charge in [-0.1, -0.05) is 31.6 Å². The highest BCUT2D eigenvalue weighted by Gasteiger charge is 2.29. The van der Waals surface area contributed by atoms with Crippen molar-refractivity contribution in [3.05, 3.63) is 35.4 Å². The minimum Gasteiger partial charge on any atom is -0.192 e. The lowest BCUT2D eigenvalue weighted by Gasteiger charge is -2.36. The second-order valence-electron chi connectivity index (χ2n) is 7.59. The molecule has 0 heterocycles. The fourth-order valence-corrected chi connectivity index (χ4v) is 4.31. The topological polar surface area (TPSA) is 23.8 Å². The lowest BCUT2D eigenvalue weighted by Crippen LogP contribution is -2.24. The molecule has 0 radical (unpaired) electrons. The standard InChI is InChI=1S/C22H27N/c1-17-2-12-21(13-3-17)22-14-10-19(11-15-22)5-4-18-6-8-20(16-23)9-7-18/h6-9,17,19,21-22H,2-3,10-15H2,1H3/t17-,19?,21-,22?. The summed E-state index contributed by atoms with van der Waals surface area (Å²) in [5.41, 5.74) is 1.74. The van der Waals surface area contributed by atoms with E-state index < -0.39 is 0 Å². The highest BCUT2D eigenvalue weighted by Crippen LogP contribution is 2.41. The third-order valence-corrected chi connectivity index (χ3v) is 5.93. The van der Waals surface area contributed by atoms with Crippen molar-refractivity contribution in [2.24, 2.45) is 23.7 Å². The Morgan fingerprint density at radius 2 is 1.30 bits per heavy atom. The molecule has 0 bridgehead atoms. The Bertz CT molecular complexity index is 594. The molecule has 120 valence electrons. The zero-order chi connectivity index (χ0) is 16.1. The SMILES string of the molecule is C[C@H]1CC[C@H](C2CCC(C#Cc3ccc(C#N)cc3)CC2)CC1. The van der Waals surface area contributed by atoms with Crippen LogP contribution in [0.4, 0.5) is 0 Å². The maximum absolute atomic E-state index is 8.82. The first-order chi connectivity index (χ1) is 11.2. The summed E-state index contributed by atoms with van der Waals surface area (Å²) in [6, 6.07) is 9.77. The van der Waals surface area contributed by atoms with Crippen LogP contribution in [-0.4, -0.2) is 0 Å². The fourth-order valence-electron chi connectivity index (χ4n) is 4.31. The molecular weight excluding hydrogens is 278 g/mol. The van der Waals surface area contributed by atoms with Crippen LogP contribution in [0.5, 0.6) is 0 Å². The van der Waals surface area contributed by atoms with Crippen LogP contribution in [0.1, 0.15) is 69.4 Å². The molecule has 1 aromatic carbocycles. The molecule has 0 N–H and O–H groups in total. The summed E-state index contributed by atoms with van der Waals surface area (Å²) < 4.78 is 0. The molecule has 2 aliphatic carbocycles. The van der Waals surface area contributed by atoms with Crippen molar-refractivity contribution in [2.45, 2.75) is 58.3 Å². The van der Waals surface area contributed by atoms with E-state index in [2.05, 4.69) is 24.8 Å². The first-order valence-corrected chi connectivity index (χ1v) is 9.26. The highest BCUT2D eigenvalue weighted by molar-refractivity contribution is 5.40. The highest BCUT2D eigenvalue weighted by atomic mass is 14.3. The molecule has 23 heavy (non-hydrogen) atoms.